The van der Waals surface area contributed by atoms with E-state index in [0.29, 0.717) is 0 Å². The molecule has 0 saturated carbocycles. The summed E-state index contributed by atoms with van der Waals surface area (Å²) in [4.78, 5) is 0. The molecule has 1 aliphatic heterocycles. The third-order valence-electron chi connectivity index (χ3n) is 3.12. The van der Waals surface area contributed by atoms with Crippen molar-refractivity contribution < 1.29 is 14.6 Å². The standard InChI is InChI=1S/C10H20O3/c1-5-8-9(11)6(2)7(3)10(12-4)13-8/h6-11H,5H2,1-4H3/t6?,7?,8?,9-,10-/m1/s1. The second-order valence-corrected chi connectivity index (χ2v) is 3.90. The maximum Gasteiger partial charge on any atom is 0.160 e. The maximum absolute atomic E-state index is 9.84. The number of hydrogen-bond donors (Lipinski definition) is 1. The van der Waals surface area contributed by atoms with Gasteiger partial charge in [0.1, 0.15) is 0 Å². The van der Waals surface area contributed by atoms with Crippen LogP contribution in [-0.4, -0.2) is 30.7 Å². The zero-order valence-corrected chi connectivity index (χ0v) is 8.86. The molecule has 1 fully saturated rings. The molecule has 1 rings (SSSR count). The summed E-state index contributed by atoms with van der Waals surface area (Å²) in [7, 11) is 1.65. The first-order valence-electron chi connectivity index (χ1n) is 4.98. The first-order chi connectivity index (χ1) is 6.11. The molecule has 3 nitrogen and oxygen atoms in total. The lowest BCUT2D eigenvalue weighted by Crippen LogP contribution is -2.49. The van der Waals surface area contributed by atoms with Gasteiger partial charge in [-0.05, 0) is 12.3 Å². The van der Waals surface area contributed by atoms with Crippen molar-refractivity contribution in [1.29, 1.82) is 0 Å². The Morgan fingerprint density at radius 3 is 2.38 bits per heavy atom. The fourth-order valence-corrected chi connectivity index (χ4v) is 1.88. The van der Waals surface area contributed by atoms with E-state index >= 15 is 0 Å². The fraction of sp³-hybridized carbons (Fsp3) is 1.00. The Kier molecular flexibility index (Phi) is 3.71. The molecule has 0 bridgehead atoms. The van der Waals surface area contributed by atoms with Crippen LogP contribution in [0.15, 0.2) is 0 Å². The van der Waals surface area contributed by atoms with E-state index in [0.717, 1.165) is 6.42 Å². The summed E-state index contributed by atoms with van der Waals surface area (Å²) in [6, 6.07) is 0. The van der Waals surface area contributed by atoms with Crippen LogP contribution in [-0.2, 0) is 9.47 Å². The van der Waals surface area contributed by atoms with Gasteiger partial charge in [0.15, 0.2) is 6.29 Å². The Morgan fingerprint density at radius 1 is 1.31 bits per heavy atom. The summed E-state index contributed by atoms with van der Waals surface area (Å²) < 4.78 is 10.8. The first kappa shape index (κ1) is 11.0. The summed E-state index contributed by atoms with van der Waals surface area (Å²) in [5.41, 5.74) is 0. The Hall–Kier alpha value is -0.120. The molecule has 0 aliphatic carbocycles. The normalized spacial score (nSPS) is 46.4. The SMILES string of the molecule is CCC1O[C@@H](OC)C(C)C(C)[C@H]1O. The summed E-state index contributed by atoms with van der Waals surface area (Å²) in [6.45, 7) is 6.11. The van der Waals surface area contributed by atoms with Crippen LogP contribution in [0.3, 0.4) is 0 Å². The second-order valence-electron chi connectivity index (χ2n) is 3.90. The second kappa shape index (κ2) is 4.40. The number of ether oxygens (including phenoxy) is 2. The van der Waals surface area contributed by atoms with E-state index in [1.807, 2.05) is 20.8 Å². The molecule has 0 radical (unpaired) electrons. The lowest BCUT2D eigenvalue weighted by atomic mass is 9.84. The molecule has 0 spiro atoms. The quantitative estimate of drug-likeness (QED) is 0.712. The van der Waals surface area contributed by atoms with Crippen LogP contribution in [0.5, 0.6) is 0 Å². The average molecular weight is 188 g/mol. The van der Waals surface area contributed by atoms with Crippen LogP contribution in [0.2, 0.25) is 0 Å². The topological polar surface area (TPSA) is 38.7 Å². The molecule has 0 aromatic rings. The van der Waals surface area contributed by atoms with Gasteiger partial charge in [0.25, 0.3) is 0 Å². The summed E-state index contributed by atoms with van der Waals surface area (Å²) in [6.07, 6.45) is 0.240. The number of rotatable bonds is 2. The smallest absolute Gasteiger partial charge is 0.160 e. The highest BCUT2D eigenvalue weighted by atomic mass is 16.7. The highest BCUT2D eigenvalue weighted by Crippen LogP contribution is 2.31. The molecule has 78 valence electrons. The van der Waals surface area contributed by atoms with Gasteiger partial charge >= 0.3 is 0 Å². The highest BCUT2D eigenvalue weighted by Gasteiger charge is 2.39. The highest BCUT2D eigenvalue weighted by molar-refractivity contribution is 4.83. The molecule has 0 aromatic carbocycles. The van der Waals surface area contributed by atoms with Crippen LogP contribution in [0.4, 0.5) is 0 Å². The van der Waals surface area contributed by atoms with E-state index in [-0.39, 0.29) is 30.3 Å². The number of hydrogen-bond acceptors (Lipinski definition) is 3. The van der Waals surface area contributed by atoms with Gasteiger partial charge in [-0.3, -0.25) is 0 Å². The van der Waals surface area contributed by atoms with Crippen molar-refractivity contribution in [2.75, 3.05) is 7.11 Å². The summed E-state index contributed by atoms with van der Waals surface area (Å²) in [5, 5.41) is 9.84. The monoisotopic (exact) mass is 188 g/mol. The van der Waals surface area contributed by atoms with Crippen molar-refractivity contribution in [3.8, 4) is 0 Å². The van der Waals surface area contributed by atoms with Gasteiger partial charge in [-0.15, -0.1) is 0 Å². The van der Waals surface area contributed by atoms with Crippen LogP contribution < -0.4 is 0 Å². The van der Waals surface area contributed by atoms with Crippen molar-refractivity contribution in [1.82, 2.24) is 0 Å². The number of methoxy groups -OCH3 is 1. The molecule has 0 amide bonds. The van der Waals surface area contributed by atoms with Gasteiger partial charge in [0, 0.05) is 13.0 Å². The molecule has 5 atom stereocenters. The minimum Gasteiger partial charge on any atom is -0.390 e. The van der Waals surface area contributed by atoms with Crippen LogP contribution in [0, 0.1) is 11.8 Å². The van der Waals surface area contributed by atoms with Crippen LogP contribution in [0.1, 0.15) is 27.2 Å². The molecule has 1 aliphatic rings. The van der Waals surface area contributed by atoms with Crippen molar-refractivity contribution in [3.63, 3.8) is 0 Å². The van der Waals surface area contributed by atoms with E-state index in [1.165, 1.54) is 0 Å². The molecule has 1 N–H and O–H groups in total. The Balaban J connectivity index is 2.66. The van der Waals surface area contributed by atoms with Crippen molar-refractivity contribution >= 4 is 0 Å². The van der Waals surface area contributed by atoms with Crippen LogP contribution >= 0.6 is 0 Å². The molecule has 3 heteroatoms. The molecule has 13 heavy (non-hydrogen) atoms. The lowest BCUT2D eigenvalue weighted by Gasteiger charge is -2.41. The van der Waals surface area contributed by atoms with E-state index in [2.05, 4.69) is 0 Å². The molecule has 1 heterocycles. The van der Waals surface area contributed by atoms with Crippen molar-refractivity contribution in [2.45, 2.75) is 45.7 Å². The third kappa shape index (κ3) is 2.03. The first-order valence-corrected chi connectivity index (χ1v) is 4.98. The average Bonchev–Trinajstić information content (AvgIpc) is 2.15. The van der Waals surface area contributed by atoms with Crippen molar-refractivity contribution in [2.24, 2.45) is 11.8 Å². The number of aliphatic hydroxyl groups excluding tert-OH is 1. The van der Waals surface area contributed by atoms with Gasteiger partial charge in [0.05, 0.1) is 12.2 Å². The van der Waals surface area contributed by atoms with Crippen LogP contribution in [0.25, 0.3) is 0 Å². The van der Waals surface area contributed by atoms with Gasteiger partial charge in [0.2, 0.25) is 0 Å². The summed E-state index contributed by atoms with van der Waals surface area (Å²) >= 11 is 0. The predicted molar refractivity (Wildman–Crippen MR) is 50.3 cm³/mol. The predicted octanol–water partition coefficient (Wildman–Crippen LogP) is 1.40. The molecular weight excluding hydrogens is 168 g/mol. The molecule has 1 saturated heterocycles. The van der Waals surface area contributed by atoms with E-state index in [1.54, 1.807) is 7.11 Å². The Bertz CT molecular complexity index is 140. The number of aliphatic hydroxyl groups is 1. The fourth-order valence-electron chi connectivity index (χ4n) is 1.88. The van der Waals surface area contributed by atoms with E-state index in [4.69, 9.17) is 9.47 Å². The zero-order valence-electron chi connectivity index (χ0n) is 8.86. The van der Waals surface area contributed by atoms with Gasteiger partial charge < -0.3 is 14.6 Å². The maximum atomic E-state index is 9.84. The molecule has 3 unspecified atom stereocenters. The third-order valence-corrected chi connectivity index (χ3v) is 3.12. The minimum absolute atomic E-state index is 0.0730. The molecule has 0 aromatic heterocycles. The van der Waals surface area contributed by atoms with Gasteiger partial charge in [-0.1, -0.05) is 20.8 Å². The van der Waals surface area contributed by atoms with Crippen molar-refractivity contribution in [3.05, 3.63) is 0 Å². The van der Waals surface area contributed by atoms with Gasteiger partial charge in [-0.25, -0.2) is 0 Å². The Morgan fingerprint density at radius 2 is 1.92 bits per heavy atom. The largest absolute Gasteiger partial charge is 0.390 e. The van der Waals surface area contributed by atoms with Gasteiger partial charge in [-0.2, -0.15) is 0 Å². The summed E-state index contributed by atoms with van der Waals surface area (Å²) in [5.74, 6) is 0.492. The minimum atomic E-state index is -0.355. The van der Waals surface area contributed by atoms with E-state index in [9.17, 15) is 5.11 Å². The van der Waals surface area contributed by atoms with E-state index < -0.39 is 0 Å². The lowest BCUT2D eigenvalue weighted by molar-refractivity contribution is -0.254. The molecular formula is C10H20O3. The zero-order chi connectivity index (χ0) is 10.0. The Labute approximate surface area is 80.0 Å².